The molecular weight excluding hydrogens is 141 g/mol. The third kappa shape index (κ3) is 5.68. The van der Waals surface area contributed by atoms with Crippen LogP contribution in [-0.2, 0) is 4.74 Å². The number of ether oxygens (including phenoxy) is 1. The minimum absolute atomic E-state index is 0.448. The van der Waals surface area contributed by atoms with Crippen LogP contribution in [0.3, 0.4) is 0 Å². The van der Waals surface area contributed by atoms with Crippen LogP contribution in [0.25, 0.3) is 0 Å². The maximum atomic E-state index is 10.9. The highest BCUT2D eigenvalue weighted by Crippen LogP contribution is 2.15. The lowest BCUT2D eigenvalue weighted by atomic mass is 11.1. The minimum Gasteiger partial charge on any atom is -0.413 e. The highest BCUT2D eigenvalue weighted by molar-refractivity contribution is 7.83. The summed E-state index contributed by atoms with van der Waals surface area (Å²) in [5.74, 6) is 0. The molecule has 0 saturated carbocycles. The Morgan fingerprint density at radius 3 is 2.00 bits per heavy atom. The predicted molar refractivity (Wildman–Crippen MR) is 25.3 cm³/mol. The van der Waals surface area contributed by atoms with Crippen LogP contribution in [0.4, 0.5) is 13.2 Å². The monoisotopic (exact) mass is 144 g/mol. The molecule has 0 aliphatic heterocycles. The standard InChI is InChI=1S/C3H3F3OS/c4-3(5,6)7-1-2-8/h1-2,8H. The third-order valence-corrected chi connectivity index (χ3v) is 0.384. The summed E-state index contributed by atoms with van der Waals surface area (Å²) in [7, 11) is 0. The van der Waals surface area contributed by atoms with Gasteiger partial charge in [-0.25, -0.2) is 0 Å². The number of thiol groups is 1. The first kappa shape index (κ1) is 7.68. The Balaban J connectivity index is 3.39. The highest BCUT2D eigenvalue weighted by Gasteiger charge is 2.28. The first-order valence-electron chi connectivity index (χ1n) is 1.60. The molecule has 0 rings (SSSR count). The van der Waals surface area contributed by atoms with E-state index in [0.29, 0.717) is 6.26 Å². The maximum absolute atomic E-state index is 10.9. The van der Waals surface area contributed by atoms with Gasteiger partial charge in [-0.15, -0.1) is 25.8 Å². The van der Waals surface area contributed by atoms with Crippen molar-refractivity contribution in [2.75, 3.05) is 0 Å². The Labute approximate surface area is 49.5 Å². The van der Waals surface area contributed by atoms with E-state index >= 15 is 0 Å². The van der Waals surface area contributed by atoms with E-state index < -0.39 is 6.36 Å². The molecule has 0 aromatic heterocycles. The topological polar surface area (TPSA) is 9.23 Å². The van der Waals surface area contributed by atoms with Crippen molar-refractivity contribution in [3.05, 3.63) is 11.7 Å². The quantitative estimate of drug-likeness (QED) is 0.437. The molecule has 0 aliphatic rings. The van der Waals surface area contributed by atoms with Gasteiger partial charge in [0.1, 0.15) is 0 Å². The van der Waals surface area contributed by atoms with E-state index in [4.69, 9.17) is 0 Å². The van der Waals surface area contributed by atoms with Crippen molar-refractivity contribution in [2.45, 2.75) is 6.36 Å². The van der Waals surface area contributed by atoms with E-state index in [2.05, 4.69) is 17.4 Å². The first-order chi connectivity index (χ1) is 3.56. The Bertz CT molecular complexity index is 87.0. The zero-order valence-electron chi connectivity index (χ0n) is 3.64. The van der Waals surface area contributed by atoms with Gasteiger partial charge in [0.05, 0.1) is 6.26 Å². The minimum atomic E-state index is -4.58. The number of rotatable bonds is 1. The normalized spacial score (nSPS) is 12.5. The number of hydrogen-bond acceptors (Lipinski definition) is 2. The van der Waals surface area contributed by atoms with E-state index in [-0.39, 0.29) is 0 Å². The maximum Gasteiger partial charge on any atom is 0.572 e. The fraction of sp³-hybridized carbons (Fsp3) is 0.333. The second-order valence-electron chi connectivity index (χ2n) is 0.849. The second kappa shape index (κ2) is 2.86. The Morgan fingerprint density at radius 1 is 1.38 bits per heavy atom. The fourth-order valence-electron chi connectivity index (χ4n) is 0.108. The van der Waals surface area contributed by atoms with Crippen molar-refractivity contribution >= 4 is 12.6 Å². The summed E-state index contributed by atoms with van der Waals surface area (Å²) in [5, 5.41) is 0.855. The average molecular weight is 144 g/mol. The van der Waals surface area contributed by atoms with Gasteiger partial charge in [-0.2, -0.15) is 0 Å². The summed E-state index contributed by atoms with van der Waals surface area (Å²) in [4.78, 5) is 0. The number of hydrogen-bond donors (Lipinski definition) is 1. The molecule has 0 amide bonds. The van der Waals surface area contributed by atoms with Crippen LogP contribution in [0.2, 0.25) is 0 Å². The molecule has 0 aromatic rings. The van der Waals surface area contributed by atoms with Crippen molar-refractivity contribution in [1.82, 2.24) is 0 Å². The molecule has 0 aliphatic carbocycles. The molecule has 0 atom stereocenters. The molecule has 0 saturated heterocycles. The average Bonchev–Trinajstić information content (AvgIpc) is 1.59. The lowest BCUT2D eigenvalue weighted by molar-refractivity contribution is -0.298. The summed E-state index contributed by atoms with van der Waals surface area (Å²) in [6.07, 6.45) is -4.14. The van der Waals surface area contributed by atoms with E-state index in [1.54, 1.807) is 0 Å². The van der Waals surface area contributed by atoms with Crippen LogP contribution in [-0.4, -0.2) is 6.36 Å². The van der Waals surface area contributed by atoms with Crippen molar-refractivity contribution in [3.63, 3.8) is 0 Å². The lowest BCUT2D eigenvalue weighted by Gasteiger charge is -2.00. The first-order valence-corrected chi connectivity index (χ1v) is 2.11. The van der Waals surface area contributed by atoms with Gasteiger partial charge in [0.25, 0.3) is 0 Å². The molecular formula is C3H3F3OS. The predicted octanol–water partition coefficient (Wildman–Crippen LogP) is 1.92. The molecule has 0 radical (unpaired) electrons. The molecule has 1 nitrogen and oxygen atoms in total. The van der Waals surface area contributed by atoms with E-state index in [1.807, 2.05) is 0 Å². The molecule has 0 N–H and O–H groups in total. The van der Waals surface area contributed by atoms with Gasteiger partial charge in [-0.05, 0) is 0 Å². The van der Waals surface area contributed by atoms with Crippen molar-refractivity contribution < 1.29 is 17.9 Å². The summed E-state index contributed by atoms with van der Waals surface area (Å²) in [5.41, 5.74) is 0. The molecule has 8 heavy (non-hydrogen) atoms. The molecule has 0 spiro atoms. The Hall–Kier alpha value is -0.320. The van der Waals surface area contributed by atoms with Gasteiger partial charge in [0, 0.05) is 5.41 Å². The van der Waals surface area contributed by atoms with Crippen LogP contribution in [0, 0.1) is 0 Å². The Morgan fingerprint density at radius 2 is 1.88 bits per heavy atom. The van der Waals surface area contributed by atoms with Crippen molar-refractivity contribution in [1.29, 1.82) is 0 Å². The highest BCUT2D eigenvalue weighted by atomic mass is 32.1. The van der Waals surface area contributed by atoms with Gasteiger partial charge >= 0.3 is 6.36 Å². The van der Waals surface area contributed by atoms with Gasteiger partial charge in [-0.3, -0.25) is 0 Å². The molecule has 0 aromatic carbocycles. The summed E-state index contributed by atoms with van der Waals surface area (Å²) >= 11 is 3.33. The third-order valence-electron chi connectivity index (χ3n) is 0.263. The Kier molecular flexibility index (Phi) is 2.75. The van der Waals surface area contributed by atoms with Crippen LogP contribution in [0.1, 0.15) is 0 Å². The van der Waals surface area contributed by atoms with Crippen LogP contribution >= 0.6 is 12.6 Å². The van der Waals surface area contributed by atoms with Crippen molar-refractivity contribution in [2.24, 2.45) is 0 Å². The number of alkyl halides is 3. The smallest absolute Gasteiger partial charge is 0.413 e. The van der Waals surface area contributed by atoms with Gasteiger partial charge in [0.15, 0.2) is 0 Å². The van der Waals surface area contributed by atoms with Gasteiger partial charge in [-0.1, -0.05) is 0 Å². The summed E-state index contributed by atoms with van der Waals surface area (Å²) < 4.78 is 35.9. The van der Waals surface area contributed by atoms with Gasteiger partial charge < -0.3 is 4.74 Å². The second-order valence-corrected chi connectivity index (χ2v) is 1.15. The van der Waals surface area contributed by atoms with Gasteiger partial charge in [0.2, 0.25) is 0 Å². The van der Waals surface area contributed by atoms with E-state index in [9.17, 15) is 13.2 Å². The molecule has 0 unspecified atom stereocenters. The van der Waals surface area contributed by atoms with E-state index in [0.717, 1.165) is 5.41 Å². The van der Waals surface area contributed by atoms with Crippen molar-refractivity contribution in [3.8, 4) is 0 Å². The molecule has 5 heteroatoms. The molecule has 0 bridgehead atoms. The summed E-state index contributed by atoms with van der Waals surface area (Å²) in [6.45, 7) is 0. The molecule has 48 valence electrons. The van der Waals surface area contributed by atoms with Crippen LogP contribution in [0.5, 0.6) is 0 Å². The fourth-order valence-corrected chi connectivity index (χ4v) is 0.168. The largest absolute Gasteiger partial charge is 0.572 e. The van der Waals surface area contributed by atoms with Crippen LogP contribution < -0.4 is 0 Å². The zero-order chi connectivity index (χ0) is 6.62. The zero-order valence-corrected chi connectivity index (χ0v) is 4.54. The number of halogens is 3. The lowest BCUT2D eigenvalue weighted by Crippen LogP contribution is -2.07. The molecule has 0 fully saturated rings. The SMILES string of the molecule is FC(F)(F)OC=CS. The summed E-state index contributed by atoms with van der Waals surface area (Å²) in [6, 6.07) is 0. The van der Waals surface area contributed by atoms with E-state index in [1.165, 1.54) is 0 Å². The molecule has 0 heterocycles. The van der Waals surface area contributed by atoms with Crippen LogP contribution in [0.15, 0.2) is 11.7 Å².